The number of hydrogen-bond acceptors (Lipinski definition) is 1. The quantitative estimate of drug-likeness (QED) is 0.524. The highest BCUT2D eigenvalue weighted by Crippen LogP contribution is 2.27. The molecule has 1 rings (SSSR count). The van der Waals surface area contributed by atoms with Crippen LogP contribution in [0.25, 0.3) is 0 Å². The van der Waals surface area contributed by atoms with Crippen LogP contribution in [0.2, 0.25) is 0 Å². The maximum atomic E-state index is 12.7. The number of pyridine rings is 1. The van der Waals surface area contributed by atoms with E-state index < -0.39 is 5.95 Å². The summed E-state index contributed by atoms with van der Waals surface area (Å²) in [5.74, 6) is 0.0184. The predicted octanol–water partition coefficient (Wildman–Crippen LogP) is 4.07. The minimum Gasteiger partial charge on any atom is -0.228 e. The van der Waals surface area contributed by atoms with E-state index in [-0.39, 0.29) is 0 Å². The molecule has 0 aliphatic rings. The maximum Gasteiger partial charge on any atom is 0.212 e. The lowest BCUT2D eigenvalue weighted by Gasteiger charge is -2.15. The molecule has 1 aromatic heterocycles. The Kier molecular flexibility index (Phi) is 4.47. The predicted molar refractivity (Wildman–Crippen MR) is 61.3 cm³/mol. The topological polar surface area (TPSA) is 12.9 Å². The van der Waals surface area contributed by atoms with Crippen LogP contribution >= 0.6 is 0 Å². The lowest BCUT2D eigenvalue weighted by molar-refractivity contribution is 0.570. The molecule has 0 aromatic carbocycles. The van der Waals surface area contributed by atoms with E-state index in [1.54, 1.807) is 6.20 Å². The largest absolute Gasteiger partial charge is 0.228 e. The molecule has 0 bridgehead atoms. The van der Waals surface area contributed by atoms with E-state index in [1.807, 2.05) is 13.0 Å². The van der Waals surface area contributed by atoms with E-state index in [1.165, 1.54) is 6.07 Å². The summed E-state index contributed by atoms with van der Waals surface area (Å²) in [6.45, 7) is 8.11. The van der Waals surface area contributed by atoms with Crippen LogP contribution in [0.1, 0.15) is 44.6 Å². The van der Waals surface area contributed by atoms with Crippen molar-refractivity contribution in [3.63, 3.8) is 0 Å². The standard InChI is InChI=1S/C13H18FN/c1-4-5-11(8-10(2)3)12-6-7-13(14)15-9-12/h6-7,9,11H,2,4-5,8H2,1,3H3. The van der Waals surface area contributed by atoms with E-state index in [4.69, 9.17) is 0 Å². The minimum absolute atomic E-state index is 0.413. The van der Waals surface area contributed by atoms with Crippen LogP contribution in [0.15, 0.2) is 30.5 Å². The number of aromatic nitrogens is 1. The lowest BCUT2D eigenvalue weighted by Crippen LogP contribution is -2.00. The van der Waals surface area contributed by atoms with E-state index in [2.05, 4.69) is 18.5 Å². The molecule has 1 nitrogen and oxygen atoms in total. The fraction of sp³-hybridized carbons (Fsp3) is 0.462. The second kappa shape index (κ2) is 5.64. The molecule has 0 aliphatic carbocycles. The molecule has 0 radical (unpaired) electrons. The van der Waals surface area contributed by atoms with Crippen molar-refractivity contribution in [3.8, 4) is 0 Å². The molecule has 82 valence electrons. The Balaban J connectivity index is 2.78. The summed E-state index contributed by atoms with van der Waals surface area (Å²) >= 11 is 0. The first-order chi connectivity index (χ1) is 7.13. The molecule has 0 aliphatic heterocycles. The Morgan fingerprint density at radius 1 is 1.53 bits per heavy atom. The summed E-state index contributed by atoms with van der Waals surface area (Å²) in [4.78, 5) is 3.69. The summed E-state index contributed by atoms with van der Waals surface area (Å²) in [6, 6.07) is 3.25. The third kappa shape index (κ3) is 3.82. The fourth-order valence-electron chi connectivity index (χ4n) is 1.78. The molecule has 0 fully saturated rings. The van der Waals surface area contributed by atoms with Crippen molar-refractivity contribution in [2.45, 2.75) is 39.0 Å². The van der Waals surface area contributed by atoms with Crippen molar-refractivity contribution in [2.75, 3.05) is 0 Å². The molecule has 1 heterocycles. The maximum absolute atomic E-state index is 12.7. The van der Waals surface area contributed by atoms with Crippen molar-refractivity contribution in [2.24, 2.45) is 0 Å². The normalized spacial score (nSPS) is 12.5. The highest BCUT2D eigenvalue weighted by molar-refractivity contribution is 5.17. The number of rotatable bonds is 5. The summed E-state index contributed by atoms with van der Waals surface area (Å²) in [5.41, 5.74) is 2.28. The lowest BCUT2D eigenvalue weighted by atomic mass is 9.90. The van der Waals surface area contributed by atoms with Gasteiger partial charge in [0.1, 0.15) is 0 Å². The van der Waals surface area contributed by atoms with E-state index >= 15 is 0 Å². The number of allylic oxidation sites excluding steroid dienone is 1. The number of hydrogen-bond donors (Lipinski definition) is 0. The highest BCUT2D eigenvalue weighted by atomic mass is 19.1. The highest BCUT2D eigenvalue weighted by Gasteiger charge is 2.11. The van der Waals surface area contributed by atoms with Crippen molar-refractivity contribution in [1.82, 2.24) is 4.98 Å². The Labute approximate surface area is 91.0 Å². The summed E-state index contributed by atoms with van der Waals surface area (Å²) in [7, 11) is 0. The zero-order chi connectivity index (χ0) is 11.3. The van der Waals surface area contributed by atoms with Gasteiger partial charge in [-0.15, -0.1) is 6.58 Å². The monoisotopic (exact) mass is 207 g/mol. The zero-order valence-corrected chi connectivity index (χ0v) is 9.46. The van der Waals surface area contributed by atoms with Crippen LogP contribution in [-0.4, -0.2) is 4.98 Å². The van der Waals surface area contributed by atoms with Gasteiger partial charge in [0, 0.05) is 6.20 Å². The number of halogens is 1. The molecule has 15 heavy (non-hydrogen) atoms. The van der Waals surface area contributed by atoms with Crippen molar-refractivity contribution in [1.29, 1.82) is 0 Å². The van der Waals surface area contributed by atoms with Crippen LogP contribution in [0.4, 0.5) is 4.39 Å². The zero-order valence-electron chi connectivity index (χ0n) is 9.46. The van der Waals surface area contributed by atoms with Gasteiger partial charge in [0.05, 0.1) is 0 Å². The summed E-state index contributed by atoms with van der Waals surface area (Å²) in [5, 5.41) is 0. The van der Waals surface area contributed by atoms with Gasteiger partial charge in [0.25, 0.3) is 0 Å². The molecule has 0 saturated carbocycles. The molecule has 1 atom stereocenters. The van der Waals surface area contributed by atoms with Gasteiger partial charge >= 0.3 is 0 Å². The average molecular weight is 207 g/mol. The minimum atomic E-state index is -0.413. The molecule has 0 amide bonds. The smallest absolute Gasteiger partial charge is 0.212 e. The molecule has 0 spiro atoms. The first kappa shape index (κ1) is 11.9. The third-order valence-electron chi connectivity index (χ3n) is 2.45. The van der Waals surface area contributed by atoms with Gasteiger partial charge in [-0.1, -0.05) is 25.0 Å². The van der Waals surface area contributed by atoms with E-state index in [9.17, 15) is 4.39 Å². The second-order valence-electron chi connectivity index (χ2n) is 4.06. The third-order valence-corrected chi connectivity index (χ3v) is 2.45. The van der Waals surface area contributed by atoms with E-state index in [0.29, 0.717) is 5.92 Å². The Morgan fingerprint density at radius 2 is 2.27 bits per heavy atom. The molecule has 2 heteroatoms. The van der Waals surface area contributed by atoms with Crippen molar-refractivity contribution >= 4 is 0 Å². The van der Waals surface area contributed by atoms with Gasteiger partial charge in [-0.3, -0.25) is 0 Å². The fourth-order valence-corrected chi connectivity index (χ4v) is 1.78. The van der Waals surface area contributed by atoms with Gasteiger partial charge in [-0.2, -0.15) is 4.39 Å². The summed E-state index contributed by atoms with van der Waals surface area (Å²) < 4.78 is 12.7. The van der Waals surface area contributed by atoms with Gasteiger partial charge in [0.2, 0.25) is 5.95 Å². The molecule has 0 saturated heterocycles. The van der Waals surface area contributed by atoms with Gasteiger partial charge < -0.3 is 0 Å². The second-order valence-corrected chi connectivity index (χ2v) is 4.06. The van der Waals surface area contributed by atoms with Crippen LogP contribution in [0, 0.1) is 5.95 Å². The molecule has 1 unspecified atom stereocenters. The van der Waals surface area contributed by atoms with Crippen LogP contribution in [0.5, 0.6) is 0 Å². The van der Waals surface area contributed by atoms with Crippen LogP contribution in [0.3, 0.4) is 0 Å². The summed E-state index contributed by atoms with van der Waals surface area (Å²) in [6.07, 6.45) is 4.81. The van der Waals surface area contributed by atoms with Gasteiger partial charge in [0.15, 0.2) is 0 Å². The van der Waals surface area contributed by atoms with E-state index in [0.717, 1.165) is 30.4 Å². The molecule has 0 N–H and O–H groups in total. The van der Waals surface area contributed by atoms with Crippen molar-refractivity contribution in [3.05, 3.63) is 42.0 Å². The van der Waals surface area contributed by atoms with Crippen LogP contribution in [-0.2, 0) is 0 Å². The Morgan fingerprint density at radius 3 is 2.73 bits per heavy atom. The molecular formula is C13H18FN. The van der Waals surface area contributed by atoms with Gasteiger partial charge in [-0.05, 0) is 37.3 Å². The molecule has 1 aromatic rings. The van der Waals surface area contributed by atoms with Gasteiger partial charge in [-0.25, -0.2) is 4.98 Å². The first-order valence-corrected chi connectivity index (χ1v) is 5.39. The van der Waals surface area contributed by atoms with Crippen LogP contribution < -0.4 is 0 Å². The first-order valence-electron chi connectivity index (χ1n) is 5.39. The SMILES string of the molecule is C=C(C)CC(CCC)c1ccc(F)nc1. The average Bonchev–Trinajstić information content (AvgIpc) is 2.17. The van der Waals surface area contributed by atoms with Crippen molar-refractivity contribution < 1.29 is 4.39 Å². The Hall–Kier alpha value is -1.18. The molecular weight excluding hydrogens is 189 g/mol. The Bertz CT molecular complexity index is 316. The number of nitrogens with zero attached hydrogens (tertiary/aromatic N) is 1.